The van der Waals surface area contributed by atoms with E-state index in [-0.39, 0.29) is 6.04 Å². The molecule has 0 amide bonds. The molecule has 0 aliphatic rings. The van der Waals surface area contributed by atoms with Gasteiger partial charge in [0.2, 0.25) is 0 Å². The van der Waals surface area contributed by atoms with Crippen LogP contribution in [0.2, 0.25) is 0 Å². The van der Waals surface area contributed by atoms with E-state index in [0.717, 1.165) is 5.56 Å². The average molecular weight is 188 g/mol. The number of para-hydroxylation sites is 1. The molecule has 2 aromatic rings. The maximum Gasteiger partial charge on any atom is 0.120 e. The van der Waals surface area contributed by atoms with Crippen molar-refractivity contribution in [2.75, 3.05) is 0 Å². The van der Waals surface area contributed by atoms with E-state index in [2.05, 4.69) is 4.98 Å². The van der Waals surface area contributed by atoms with Gasteiger partial charge in [0.05, 0.1) is 12.4 Å². The summed E-state index contributed by atoms with van der Waals surface area (Å²) in [5.41, 5.74) is 0.908. The van der Waals surface area contributed by atoms with Crippen LogP contribution in [-0.2, 0) is 0 Å². The standard InChI is InChI=1S/C11H12N2O/c1-9(13-7-6-12-8-13)10-4-2-3-5-11(10)14/h2-9,14H,1H3. The van der Waals surface area contributed by atoms with Crippen LogP contribution in [0.25, 0.3) is 0 Å². The van der Waals surface area contributed by atoms with Gasteiger partial charge in [-0.2, -0.15) is 0 Å². The predicted octanol–water partition coefficient (Wildman–Crippen LogP) is 2.20. The first kappa shape index (κ1) is 8.81. The number of phenols is 1. The Morgan fingerprint density at radius 2 is 2.14 bits per heavy atom. The quantitative estimate of drug-likeness (QED) is 0.784. The summed E-state index contributed by atoms with van der Waals surface area (Å²) in [4.78, 5) is 3.98. The van der Waals surface area contributed by atoms with Gasteiger partial charge in [0.15, 0.2) is 0 Å². The van der Waals surface area contributed by atoms with Crippen molar-refractivity contribution in [3.8, 4) is 5.75 Å². The Hall–Kier alpha value is -1.77. The van der Waals surface area contributed by atoms with Gasteiger partial charge in [-0.05, 0) is 13.0 Å². The van der Waals surface area contributed by atoms with Crippen molar-refractivity contribution in [2.24, 2.45) is 0 Å². The van der Waals surface area contributed by atoms with Gasteiger partial charge in [-0.25, -0.2) is 4.98 Å². The Kier molecular flexibility index (Phi) is 2.23. The van der Waals surface area contributed by atoms with Crippen molar-refractivity contribution in [2.45, 2.75) is 13.0 Å². The Bertz CT molecular complexity index is 409. The summed E-state index contributed by atoms with van der Waals surface area (Å²) in [6.07, 6.45) is 5.37. The van der Waals surface area contributed by atoms with Crippen molar-refractivity contribution in [1.82, 2.24) is 9.55 Å². The lowest BCUT2D eigenvalue weighted by Gasteiger charge is -2.14. The fourth-order valence-electron chi connectivity index (χ4n) is 1.50. The monoisotopic (exact) mass is 188 g/mol. The minimum Gasteiger partial charge on any atom is -0.508 e. The molecule has 14 heavy (non-hydrogen) atoms. The molecule has 1 unspecified atom stereocenters. The molecule has 0 aliphatic carbocycles. The molecular formula is C11H12N2O. The first-order valence-corrected chi connectivity index (χ1v) is 4.54. The summed E-state index contributed by atoms with van der Waals surface area (Å²) in [6.45, 7) is 2.02. The van der Waals surface area contributed by atoms with Crippen LogP contribution in [0.5, 0.6) is 5.75 Å². The summed E-state index contributed by atoms with van der Waals surface area (Å²) >= 11 is 0. The van der Waals surface area contributed by atoms with E-state index in [1.807, 2.05) is 35.9 Å². The topological polar surface area (TPSA) is 38.0 Å². The average Bonchev–Trinajstić information content (AvgIpc) is 2.70. The second kappa shape index (κ2) is 3.54. The minimum atomic E-state index is 0.110. The molecule has 72 valence electrons. The van der Waals surface area contributed by atoms with Gasteiger partial charge < -0.3 is 9.67 Å². The van der Waals surface area contributed by atoms with Gasteiger partial charge >= 0.3 is 0 Å². The molecular weight excluding hydrogens is 176 g/mol. The Morgan fingerprint density at radius 3 is 2.79 bits per heavy atom. The smallest absolute Gasteiger partial charge is 0.120 e. The normalized spacial score (nSPS) is 12.6. The van der Waals surface area contributed by atoms with Gasteiger partial charge in [0.1, 0.15) is 5.75 Å². The SMILES string of the molecule is CC(c1ccccc1O)n1ccnc1. The Labute approximate surface area is 82.7 Å². The van der Waals surface area contributed by atoms with E-state index >= 15 is 0 Å². The van der Waals surface area contributed by atoms with Crippen molar-refractivity contribution < 1.29 is 5.11 Å². The lowest BCUT2D eigenvalue weighted by Crippen LogP contribution is -2.04. The number of imidazole rings is 1. The van der Waals surface area contributed by atoms with Crippen LogP contribution in [0, 0.1) is 0 Å². The number of rotatable bonds is 2. The fourth-order valence-corrected chi connectivity index (χ4v) is 1.50. The molecule has 0 saturated carbocycles. The first-order chi connectivity index (χ1) is 6.79. The summed E-state index contributed by atoms with van der Waals surface area (Å²) in [6, 6.07) is 7.46. The third kappa shape index (κ3) is 1.48. The Morgan fingerprint density at radius 1 is 1.36 bits per heavy atom. The number of phenolic OH excluding ortho intramolecular Hbond substituents is 1. The first-order valence-electron chi connectivity index (χ1n) is 4.54. The molecule has 0 spiro atoms. The van der Waals surface area contributed by atoms with Crippen molar-refractivity contribution >= 4 is 0 Å². The maximum absolute atomic E-state index is 9.65. The van der Waals surface area contributed by atoms with Gasteiger partial charge in [-0.1, -0.05) is 18.2 Å². The molecule has 1 heterocycles. The van der Waals surface area contributed by atoms with E-state index < -0.39 is 0 Å². The van der Waals surface area contributed by atoms with Gasteiger partial charge in [-0.15, -0.1) is 0 Å². The molecule has 0 saturated heterocycles. The van der Waals surface area contributed by atoms with E-state index in [1.165, 1.54) is 0 Å². The van der Waals surface area contributed by atoms with Gasteiger partial charge in [-0.3, -0.25) is 0 Å². The van der Waals surface area contributed by atoms with Crippen molar-refractivity contribution in [3.05, 3.63) is 48.5 Å². The predicted molar refractivity (Wildman–Crippen MR) is 54.1 cm³/mol. The van der Waals surface area contributed by atoms with E-state index in [0.29, 0.717) is 5.75 Å². The maximum atomic E-state index is 9.65. The molecule has 0 bridgehead atoms. The molecule has 3 nitrogen and oxygen atoms in total. The van der Waals surface area contributed by atoms with Gasteiger partial charge in [0, 0.05) is 18.0 Å². The van der Waals surface area contributed by atoms with Gasteiger partial charge in [0.25, 0.3) is 0 Å². The molecule has 0 fully saturated rings. The van der Waals surface area contributed by atoms with E-state index in [4.69, 9.17) is 0 Å². The molecule has 1 atom stereocenters. The Balaban J connectivity index is 2.37. The summed E-state index contributed by atoms with van der Waals surface area (Å²) in [5, 5.41) is 9.65. The minimum absolute atomic E-state index is 0.110. The molecule has 1 aromatic heterocycles. The number of aromatic hydroxyl groups is 1. The summed E-state index contributed by atoms with van der Waals surface area (Å²) < 4.78 is 1.95. The molecule has 0 radical (unpaired) electrons. The zero-order chi connectivity index (χ0) is 9.97. The summed E-state index contributed by atoms with van der Waals surface area (Å²) in [7, 11) is 0. The van der Waals surface area contributed by atoms with Crippen molar-refractivity contribution in [3.63, 3.8) is 0 Å². The molecule has 2 rings (SSSR count). The lowest BCUT2D eigenvalue weighted by molar-refractivity contribution is 0.457. The summed E-state index contributed by atoms with van der Waals surface area (Å²) in [5.74, 6) is 0.328. The number of hydrogen-bond acceptors (Lipinski definition) is 2. The highest BCUT2D eigenvalue weighted by Crippen LogP contribution is 2.25. The molecule has 1 aromatic carbocycles. The van der Waals surface area contributed by atoms with Crippen LogP contribution in [0.4, 0.5) is 0 Å². The van der Waals surface area contributed by atoms with Crippen molar-refractivity contribution in [1.29, 1.82) is 0 Å². The second-order valence-electron chi connectivity index (χ2n) is 3.24. The molecule has 3 heteroatoms. The molecule has 1 N–H and O–H groups in total. The number of benzene rings is 1. The second-order valence-corrected chi connectivity index (χ2v) is 3.24. The number of hydrogen-bond donors (Lipinski definition) is 1. The zero-order valence-electron chi connectivity index (χ0n) is 7.96. The van der Waals surface area contributed by atoms with E-state index in [9.17, 15) is 5.11 Å². The van der Waals surface area contributed by atoms with E-state index in [1.54, 1.807) is 18.6 Å². The lowest BCUT2D eigenvalue weighted by atomic mass is 10.1. The zero-order valence-corrected chi connectivity index (χ0v) is 7.96. The largest absolute Gasteiger partial charge is 0.508 e. The van der Waals surface area contributed by atoms with Crippen LogP contribution in [0.15, 0.2) is 43.0 Å². The third-order valence-corrected chi connectivity index (χ3v) is 2.36. The van der Waals surface area contributed by atoms with Crippen LogP contribution in [0.3, 0.4) is 0 Å². The van der Waals surface area contributed by atoms with Crippen LogP contribution in [0.1, 0.15) is 18.5 Å². The number of aromatic nitrogens is 2. The highest BCUT2D eigenvalue weighted by Gasteiger charge is 2.09. The number of nitrogens with zero attached hydrogens (tertiary/aromatic N) is 2. The third-order valence-electron chi connectivity index (χ3n) is 2.36. The highest BCUT2D eigenvalue weighted by molar-refractivity contribution is 5.34. The molecule has 0 aliphatic heterocycles. The highest BCUT2D eigenvalue weighted by atomic mass is 16.3. The fraction of sp³-hybridized carbons (Fsp3) is 0.182. The van der Waals surface area contributed by atoms with Crippen LogP contribution in [-0.4, -0.2) is 14.7 Å². The van der Waals surface area contributed by atoms with Crippen LogP contribution < -0.4 is 0 Å². The van der Waals surface area contributed by atoms with Crippen LogP contribution >= 0.6 is 0 Å².